The third-order valence-corrected chi connectivity index (χ3v) is 6.50. The highest BCUT2D eigenvalue weighted by molar-refractivity contribution is 7.19. The van der Waals surface area contributed by atoms with E-state index in [4.69, 9.17) is 0 Å². The molecule has 2 aliphatic rings. The molecule has 0 bridgehead atoms. The molecule has 3 heteroatoms. The van der Waals surface area contributed by atoms with E-state index >= 15 is 0 Å². The minimum atomic E-state index is -0.0669. The second-order valence-electron chi connectivity index (χ2n) is 6.84. The lowest BCUT2D eigenvalue weighted by Gasteiger charge is -2.42. The molecule has 1 aromatic carbocycles. The molecule has 2 heterocycles. The number of aliphatic hydroxyl groups is 1. The number of hydrogen-bond acceptors (Lipinski definition) is 3. The Morgan fingerprint density at radius 1 is 1.24 bits per heavy atom. The average Bonchev–Trinajstić information content (AvgIpc) is 3.03. The van der Waals surface area contributed by atoms with Crippen molar-refractivity contribution in [2.45, 2.75) is 44.8 Å². The van der Waals surface area contributed by atoms with Gasteiger partial charge >= 0.3 is 0 Å². The fraction of sp³-hybridized carbons (Fsp3) is 0.556. The monoisotopic (exact) mass is 301 g/mol. The van der Waals surface area contributed by atoms with Crippen LogP contribution in [0.5, 0.6) is 0 Å². The Hall–Kier alpha value is -0.900. The van der Waals surface area contributed by atoms with Crippen molar-refractivity contribution in [1.82, 2.24) is 4.90 Å². The Bertz CT molecular complexity index is 604. The van der Waals surface area contributed by atoms with E-state index in [0.717, 1.165) is 19.5 Å². The van der Waals surface area contributed by atoms with E-state index < -0.39 is 0 Å². The van der Waals surface area contributed by atoms with Crippen molar-refractivity contribution < 1.29 is 5.11 Å². The quantitative estimate of drug-likeness (QED) is 0.905. The number of benzene rings is 1. The summed E-state index contributed by atoms with van der Waals surface area (Å²) in [5, 5.41) is 11.7. The SMILES string of the molecule is O[C@@H]1CCC[C@]12CCCN(Cc1cc3ccccc3s1)C2. The van der Waals surface area contributed by atoms with E-state index in [1.54, 1.807) is 0 Å². The lowest BCUT2D eigenvalue weighted by Crippen LogP contribution is -2.46. The Kier molecular flexibility index (Phi) is 3.52. The summed E-state index contributed by atoms with van der Waals surface area (Å²) < 4.78 is 1.39. The van der Waals surface area contributed by atoms with E-state index in [-0.39, 0.29) is 11.5 Å². The molecule has 1 saturated carbocycles. The van der Waals surface area contributed by atoms with E-state index in [0.29, 0.717) is 0 Å². The molecular weight excluding hydrogens is 278 g/mol. The van der Waals surface area contributed by atoms with Gasteiger partial charge in [-0.3, -0.25) is 4.90 Å². The second-order valence-corrected chi connectivity index (χ2v) is 8.00. The molecule has 1 N–H and O–H groups in total. The van der Waals surface area contributed by atoms with Crippen molar-refractivity contribution in [2.75, 3.05) is 13.1 Å². The van der Waals surface area contributed by atoms with Gasteiger partial charge in [-0.05, 0) is 49.7 Å². The molecule has 0 amide bonds. The van der Waals surface area contributed by atoms with Crippen LogP contribution in [-0.2, 0) is 6.54 Å². The number of rotatable bonds is 2. The Morgan fingerprint density at radius 3 is 2.90 bits per heavy atom. The summed E-state index contributed by atoms with van der Waals surface area (Å²) in [6.07, 6.45) is 5.83. The standard InChI is InChI=1S/C18H23NOS/c20-17-7-3-8-18(17)9-4-10-19(13-18)12-15-11-14-5-1-2-6-16(14)21-15/h1-2,5-6,11,17,20H,3-4,7-10,12-13H2/t17-,18-/m1/s1. The Morgan fingerprint density at radius 2 is 2.10 bits per heavy atom. The first-order valence-corrected chi connectivity index (χ1v) is 8.95. The summed E-state index contributed by atoms with van der Waals surface area (Å²) in [4.78, 5) is 4.03. The van der Waals surface area contributed by atoms with Gasteiger partial charge in [0.25, 0.3) is 0 Å². The van der Waals surface area contributed by atoms with Gasteiger partial charge in [0.15, 0.2) is 0 Å². The molecular formula is C18H23NOS. The zero-order valence-electron chi connectivity index (χ0n) is 12.4. The molecule has 2 nitrogen and oxygen atoms in total. The Balaban J connectivity index is 1.51. The molecule has 21 heavy (non-hydrogen) atoms. The van der Waals surface area contributed by atoms with Gasteiger partial charge in [0.2, 0.25) is 0 Å². The van der Waals surface area contributed by atoms with Gasteiger partial charge in [-0.25, -0.2) is 0 Å². The highest BCUT2D eigenvalue weighted by atomic mass is 32.1. The molecule has 0 unspecified atom stereocenters. The highest BCUT2D eigenvalue weighted by Crippen LogP contribution is 2.45. The lowest BCUT2D eigenvalue weighted by molar-refractivity contribution is -0.0117. The van der Waals surface area contributed by atoms with E-state index in [9.17, 15) is 5.11 Å². The maximum atomic E-state index is 10.4. The van der Waals surface area contributed by atoms with Crippen LogP contribution < -0.4 is 0 Å². The maximum Gasteiger partial charge on any atom is 0.0608 e. The Labute approximate surface area is 130 Å². The largest absolute Gasteiger partial charge is 0.393 e. The summed E-state index contributed by atoms with van der Waals surface area (Å²) in [5.41, 5.74) is 0.203. The predicted molar refractivity (Wildman–Crippen MR) is 88.6 cm³/mol. The number of likely N-dealkylation sites (tertiary alicyclic amines) is 1. The molecule has 1 aliphatic carbocycles. The maximum absolute atomic E-state index is 10.4. The normalized spacial score (nSPS) is 30.4. The van der Waals surface area contributed by atoms with Crippen LogP contribution in [0.2, 0.25) is 0 Å². The minimum Gasteiger partial charge on any atom is -0.393 e. The van der Waals surface area contributed by atoms with Gasteiger partial charge in [-0.1, -0.05) is 24.6 Å². The number of hydrogen-bond donors (Lipinski definition) is 1. The van der Waals surface area contributed by atoms with Gasteiger partial charge < -0.3 is 5.11 Å². The van der Waals surface area contributed by atoms with Crippen molar-refractivity contribution in [1.29, 1.82) is 0 Å². The molecule has 2 atom stereocenters. The van der Waals surface area contributed by atoms with Crippen LogP contribution in [0.4, 0.5) is 0 Å². The van der Waals surface area contributed by atoms with Gasteiger partial charge in [0, 0.05) is 28.1 Å². The van der Waals surface area contributed by atoms with E-state index in [1.807, 2.05) is 11.3 Å². The molecule has 2 fully saturated rings. The van der Waals surface area contributed by atoms with Crippen LogP contribution in [0.3, 0.4) is 0 Å². The summed E-state index contributed by atoms with van der Waals surface area (Å²) in [6, 6.07) is 11.0. The zero-order valence-corrected chi connectivity index (χ0v) is 13.2. The van der Waals surface area contributed by atoms with Crippen molar-refractivity contribution in [3.05, 3.63) is 35.2 Å². The van der Waals surface area contributed by atoms with Gasteiger partial charge in [0.1, 0.15) is 0 Å². The first-order chi connectivity index (χ1) is 10.3. The van der Waals surface area contributed by atoms with Crippen molar-refractivity contribution in [3.8, 4) is 0 Å². The number of piperidine rings is 1. The van der Waals surface area contributed by atoms with Crippen molar-refractivity contribution in [3.63, 3.8) is 0 Å². The molecule has 112 valence electrons. The second kappa shape index (κ2) is 5.38. The summed E-state index contributed by atoms with van der Waals surface area (Å²) in [6.45, 7) is 3.32. The molecule has 0 radical (unpaired) electrons. The number of nitrogens with zero attached hydrogens (tertiary/aromatic N) is 1. The fourth-order valence-electron chi connectivity index (χ4n) is 4.32. The summed E-state index contributed by atoms with van der Waals surface area (Å²) >= 11 is 1.92. The predicted octanol–water partition coefficient (Wildman–Crippen LogP) is 4.03. The smallest absolute Gasteiger partial charge is 0.0608 e. The molecule has 1 saturated heterocycles. The van der Waals surface area contributed by atoms with Crippen molar-refractivity contribution in [2.24, 2.45) is 5.41 Å². The molecule has 1 aromatic heterocycles. The van der Waals surface area contributed by atoms with E-state index in [2.05, 4.69) is 35.2 Å². The van der Waals surface area contributed by atoms with Crippen molar-refractivity contribution >= 4 is 21.4 Å². The lowest BCUT2D eigenvalue weighted by atomic mass is 9.77. The van der Waals surface area contributed by atoms with Gasteiger partial charge in [-0.2, -0.15) is 0 Å². The average molecular weight is 301 g/mol. The third kappa shape index (κ3) is 2.52. The number of aliphatic hydroxyl groups excluding tert-OH is 1. The third-order valence-electron chi connectivity index (χ3n) is 5.40. The molecule has 1 aliphatic heterocycles. The van der Waals surface area contributed by atoms with Crippen LogP contribution in [0.15, 0.2) is 30.3 Å². The minimum absolute atomic E-state index is 0.0669. The molecule has 2 aromatic rings. The topological polar surface area (TPSA) is 23.5 Å². The first kappa shape index (κ1) is 13.7. The molecule has 1 spiro atoms. The number of thiophene rings is 1. The van der Waals surface area contributed by atoms with Gasteiger partial charge in [0.05, 0.1) is 6.10 Å². The van der Waals surface area contributed by atoms with Crippen LogP contribution in [0.25, 0.3) is 10.1 Å². The highest BCUT2D eigenvalue weighted by Gasteiger charge is 2.44. The van der Waals surface area contributed by atoms with Crippen LogP contribution in [0.1, 0.15) is 37.0 Å². The molecule has 4 rings (SSSR count). The van der Waals surface area contributed by atoms with E-state index in [1.165, 1.54) is 47.2 Å². The van der Waals surface area contributed by atoms with Crippen LogP contribution >= 0.6 is 11.3 Å². The van der Waals surface area contributed by atoms with Crippen LogP contribution in [-0.4, -0.2) is 29.2 Å². The fourth-order valence-corrected chi connectivity index (χ4v) is 5.43. The summed E-state index contributed by atoms with van der Waals surface area (Å²) in [5.74, 6) is 0. The zero-order chi connectivity index (χ0) is 14.3. The van der Waals surface area contributed by atoms with Crippen LogP contribution in [0, 0.1) is 5.41 Å². The first-order valence-electron chi connectivity index (χ1n) is 8.13. The number of fused-ring (bicyclic) bond motifs is 1. The summed E-state index contributed by atoms with van der Waals surface area (Å²) in [7, 11) is 0. The van der Waals surface area contributed by atoms with Gasteiger partial charge in [-0.15, -0.1) is 11.3 Å².